The van der Waals surface area contributed by atoms with Crippen LogP contribution in [0.25, 0.3) is 0 Å². The van der Waals surface area contributed by atoms with E-state index in [-0.39, 0.29) is 11.9 Å². The number of rotatable bonds is 3. The number of carbonyl (C=O) groups is 1. The fourth-order valence-electron chi connectivity index (χ4n) is 2.16. The van der Waals surface area contributed by atoms with Gasteiger partial charge in [0, 0.05) is 31.5 Å². The topological polar surface area (TPSA) is 42.4 Å². The highest BCUT2D eigenvalue weighted by Crippen LogP contribution is 2.17. The van der Waals surface area contributed by atoms with Crippen LogP contribution in [0.1, 0.15) is 37.0 Å². The van der Waals surface area contributed by atoms with Crippen molar-refractivity contribution in [1.29, 1.82) is 0 Å². The number of aromatic nitrogens is 1. The number of pyridine rings is 1. The molecule has 98 valence electrons. The van der Waals surface area contributed by atoms with Crippen LogP contribution < -0.4 is 4.90 Å². The Morgan fingerprint density at radius 2 is 2.44 bits per heavy atom. The Morgan fingerprint density at radius 3 is 3.17 bits per heavy atom. The number of ketones is 1. The second-order valence-corrected chi connectivity index (χ2v) is 4.66. The molecule has 2 heterocycles. The van der Waals surface area contributed by atoms with Crippen molar-refractivity contribution in [3.05, 3.63) is 23.9 Å². The van der Waals surface area contributed by atoms with Gasteiger partial charge in [0.15, 0.2) is 5.78 Å². The van der Waals surface area contributed by atoms with Crippen molar-refractivity contribution in [3.8, 4) is 0 Å². The Morgan fingerprint density at radius 1 is 1.61 bits per heavy atom. The van der Waals surface area contributed by atoms with Crippen LogP contribution in [0, 0.1) is 0 Å². The monoisotopic (exact) mass is 248 g/mol. The quantitative estimate of drug-likeness (QED) is 0.770. The number of nitrogens with zero attached hydrogens (tertiary/aromatic N) is 2. The van der Waals surface area contributed by atoms with Crippen LogP contribution in [0.4, 0.5) is 5.82 Å². The van der Waals surface area contributed by atoms with E-state index >= 15 is 0 Å². The minimum atomic E-state index is 0.0803. The molecule has 1 atom stereocenters. The van der Waals surface area contributed by atoms with E-state index < -0.39 is 0 Å². The van der Waals surface area contributed by atoms with Gasteiger partial charge in [-0.25, -0.2) is 4.98 Å². The molecular formula is C14H20N2O2. The van der Waals surface area contributed by atoms with Crippen molar-refractivity contribution in [2.45, 2.75) is 32.8 Å². The summed E-state index contributed by atoms with van der Waals surface area (Å²) in [5.74, 6) is 0.961. The minimum absolute atomic E-state index is 0.0803. The first-order chi connectivity index (χ1) is 8.70. The summed E-state index contributed by atoms with van der Waals surface area (Å²) in [5.41, 5.74) is 0.721. The van der Waals surface area contributed by atoms with Crippen LogP contribution in [-0.4, -0.2) is 36.6 Å². The zero-order chi connectivity index (χ0) is 13.0. The molecule has 1 aromatic heterocycles. The van der Waals surface area contributed by atoms with Gasteiger partial charge in [-0.15, -0.1) is 0 Å². The van der Waals surface area contributed by atoms with Crippen LogP contribution in [0.3, 0.4) is 0 Å². The van der Waals surface area contributed by atoms with Gasteiger partial charge in [0.05, 0.1) is 6.10 Å². The predicted molar refractivity (Wildman–Crippen MR) is 71.1 cm³/mol. The Balaban J connectivity index is 2.18. The largest absolute Gasteiger partial charge is 0.376 e. The minimum Gasteiger partial charge on any atom is -0.376 e. The van der Waals surface area contributed by atoms with Crippen molar-refractivity contribution < 1.29 is 9.53 Å². The maximum absolute atomic E-state index is 11.4. The molecule has 2 rings (SSSR count). The third-order valence-corrected chi connectivity index (χ3v) is 3.28. The number of carbonyl (C=O) groups excluding carboxylic acids is 1. The zero-order valence-corrected chi connectivity index (χ0v) is 11.1. The summed E-state index contributed by atoms with van der Waals surface area (Å²) in [6.45, 7) is 6.31. The summed E-state index contributed by atoms with van der Waals surface area (Å²) in [4.78, 5) is 18.0. The first-order valence-electron chi connectivity index (χ1n) is 6.54. The van der Waals surface area contributed by atoms with E-state index in [1.807, 2.05) is 6.07 Å². The van der Waals surface area contributed by atoms with Gasteiger partial charge in [-0.1, -0.05) is 6.92 Å². The van der Waals surface area contributed by atoms with Gasteiger partial charge in [0.1, 0.15) is 5.82 Å². The number of anilines is 1. The molecule has 0 radical (unpaired) electrons. The highest BCUT2D eigenvalue weighted by atomic mass is 16.5. The molecular weight excluding hydrogens is 228 g/mol. The molecule has 0 saturated carbocycles. The lowest BCUT2D eigenvalue weighted by Crippen LogP contribution is -2.32. The molecule has 0 N–H and O–H groups in total. The molecule has 1 unspecified atom stereocenters. The second kappa shape index (κ2) is 5.96. The summed E-state index contributed by atoms with van der Waals surface area (Å²) in [6, 6.07) is 3.64. The molecule has 4 nitrogen and oxygen atoms in total. The molecule has 1 saturated heterocycles. The summed E-state index contributed by atoms with van der Waals surface area (Å²) >= 11 is 0. The van der Waals surface area contributed by atoms with Gasteiger partial charge in [-0.05, 0) is 31.9 Å². The first kappa shape index (κ1) is 13.0. The fourth-order valence-corrected chi connectivity index (χ4v) is 2.16. The SMILES string of the molecule is CCC1CN(c2cc(C(C)=O)ccn2)CCCO1. The highest BCUT2D eigenvalue weighted by Gasteiger charge is 2.18. The zero-order valence-electron chi connectivity index (χ0n) is 11.1. The van der Waals surface area contributed by atoms with E-state index in [0.717, 1.165) is 43.9 Å². The number of Topliss-reactive ketones (excluding diaryl/α,β-unsaturated/α-hetero) is 1. The highest BCUT2D eigenvalue weighted by molar-refractivity contribution is 5.94. The Kier molecular flexibility index (Phi) is 4.31. The lowest BCUT2D eigenvalue weighted by molar-refractivity contribution is 0.0664. The molecule has 0 aliphatic carbocycles. The molecule has 0 spiro atoms. The average Bonchev–Trinajstić information content (AvgIpc) is 2.64. The van der Waals surface area contributed by atoms with Crippen molar-refractivity contribution >= 4 is 11.6 Å². The van der Waals surface area contributed by atoms with E-state index in [9.17, 15) is 4.79 Å². The summed E-state index contributed by atoms with van der Waals surface area (Å²) in [5, 5.41) is 0. The summed E-state index contributed by atoms with van der Waals surface area (Å²) in [6.07, 6.45) is 3.97. The first-order valence-corrected chi connectivity index (χ1v) is 6.54. The summed E-state index contributed by atoms with van der Waals surface area (Å²) in [7, 11) is 0. The maximum Gasteiger partial charge on any atom is 0.159 e. The van der Waals surface area contributed by atoms with Crippen molar-refractivity contribution in [2.24, 2.45) is 0 Å². The number of hydrogen-bond donors (Lipinski definition) is 0. The van der Waals surface area contributed by atoms with Crippen LogP contribution >= 0.6 is 0 Å². The maximum atomic E-state index is 11.4. The molecule has 0 aromatic carbocycles. The lowest BCUT2D eigenvalue weighted by Gasteiger charge is -2.24. The van der Waals surface area contributed by atoms with E-state index in [1.165, 1.54) is 0 Å². The third kappa shape index (κ3) is 3.07. The molecule has 0 amide bonds. The summed E-state index contributed by atoms with van der Waals surface area (Å²) < 4.78 is 5.75. The second-order valence-electron chi connectivity index (χ2n) is 4.66. The van der Waals surface area contributed by atoms with Crippen molar-refractivity contribution in [3.63, 3.8) is 0 Å². The molecule has 4 heteroatoms. The van der Waals surface area contributed by atoms with E-state index in [2.05, 4.69) is 16.8 Å². The molecule has 1 aliphatic rings. The number of ether oxygens (including phenoxy) is 1. The van der Waals surface area contributed by atoms with E-state index in [1.54, 1.807) is 19.2 Å². The van der Waals surface area contributed by atoms with Crippen LogP contribution in [0.5, 0.6) is 0 Å². The van der Waals surface area contributed by atoms with Gasteiger partial charge < -0.3 is 9.64 Å². The Hall–Kier alpha value is -1.42. The normalized spacial score (nSPS) is 20.6. The van der Waals surface area contributed by atoms with E-state index in [4.69, 9.17) is 4.74 Å². The van der Waals surface area contributed by atoms with Gasteiger partial charge in [0.2, 0.25) is 0 Å². The van der Waals surface area contributed by atoms with Crippen LogP contribution in [-0.2, 0) is 4.74 Å². The molecule has 18 heavy (non-hydrogen) atoms. The molecule has 1 fully saturated rings. The fraction of sp³-hybridized carbons (Fsp3) is 0.571. The third-order valence-electron chi connectivity index (χ3n) is 3.28. The van der Waals surface area contributed by atoms with Gasteiger partial charge in [-0.2, -0.15) is 0 Å². The average molecular weight is 248 g/mol. The number of hydrogen-bond acceptors (Lipinski definition) is 4. The predicted octanol–water partition coefficient (Wildman–Crippen LogP) is 2.29. The van der Waals surface area contributed by atoms with Crippen LogP contribution in [0.15, 0.2) is 18.3 Å². The van der Waals surface area contributed by atoms with E-state index in [0.29, 0.717) is 0 Å². The molecule has 1 aliphatic heterocycles. The van der Waals surface area contributed by atoms with Gasteiger partial charge in [0.25, 0.3) is 0 Å². The molecule has 1 aromatic rings. The van der Waals surface area contributed by atoms with Gasteiger partial charge >= 0.3 is 0 Å². The van der Waals surface area contributed by atoms with Gasteiger partial charge in [-0.3, -0.25) is 4.79 Å². The standard InChI is InChI=1S/C14H20N2O2/c1-3-13-10-16(7-4-8-18-13)14-9-12(11(2)17)5-6-15-14/h5-6,9,13H,3-4,7-8,10H2,1-2H3. The smallest absolute Gasteiger partial charge is 0.159 e. The van der Waals surface area contributed by atoms with Crippen molar-refractivity contribution in [1.82, 2.24) is 4.98 Å². The Labute approximate surface area is 108 Å². The van der Waals surface area contributed by atoms with Crippen molar-refractivity contribution in [2.75, 3.05) is 24.6 Å². The molecule has 0 bridgehead atoms. The Bertz CT molecular complexity index is 420. The lowest BCUT2D eigenvalue weighted by atomic mass is 10.2. The van der Waals surface area contributed by atoms with Crippen LogP contribution in [0.2, 0.25) is 0 Å².